The molecule has 0 saturated heterocycles. The summed E-state index contributed by atoms with van der Waals surface area (Å²) in [6.07, 6.45) is 1.35. The molecular weight excluding hydrogens is 376 g/mol. The number of phenols is 1. The number of amides is 1. The number of hydrogen-bond acceptors (Lipinski definition) is 5. The summed E-state index contributed by atoms with van der Waals surface area (Å²) in [6.45, 7) is 1.83. The van der Waals surface area contributed by atoms with E-state index < -0.39 is 5.91 Å². The van der Waals surface area contributed by atoms with E-state index in [2.05, 4.69) is 36.7 Å². The number of aromatic nitrogens is 2. The van der Waals surface area contributed by atoms with Crippen LogP contribution in [-0.2, 0) is 0 Å². The molecule has 0 unspecified atom stereocenters. The van der Waals surface area contributed by atoms with Gasteiger partial charge in [-0.2, -0.15) is 10.2 Å². The molecule has 0 spiro atoms. The Balaban J connectivity index is 1.68. The van der Waals surface area contributed by atoms with Gasteiger partial charge in [-0.1, -0.05) is 15.9 Å². The quantitative estimate of drug-likeness (QED) is 0.471. The Kier molecular flexibility index (Phi) is 4.48. The smallest absolute Gasteiger partial charge is 0.291 e. The Hall–Kier alpha value is -2.87. The number of furan rings is 1. The summed E-state index contributed by atoms with van der Waals surface area (Å²) in [7, 11) is 0. The van der Waals surface area contributed by atoms with Gasteiger partial charge in [-0.25, -0.2) is 5.43 Å². The second kappa shape index (κ2) is 6.71. The van der Waals surface area contributed by atoms with Crippen LogP contribution in [0.15, 0.2) is 50.4 Å². The van der Waals surface area contributed by atoms with Gasteiger partial charge in [0.15, 0.2) is 11.5 Å². The zero-order chi connectivity index (χ0) is 17.1. The average Bonchev–Trinajstić information content (AvgIpc) is 3.19. The zero-order valence-electron chi connectivity index (χ0n) is 12.6. The van der Waals surface area contributed by atoms with Crippen molar-refractivity contribution >= 4 is 28.1 Å². The summed E-state index contributed by atoms with van der Waals surface area (Å²) >= 11 is 3.30. The molecule has 0 saturated carbocycles. The molecule has 2 heterocycles. The number of aromatic hydroxyl groups is 1. The normalized spacial score (nSPS) is 11.1. The number of rotatable bonds is 4. The summed E-state index contributed by atoms with van der Waals surface area (Å²) < 4.78 is 6.25. The van der Waals surface area contributed by atoms with Gasteiger partial charge in [0.25, 0.3) is 5.91 Å². The topological polar surface area (TPSA) is 104 Å². The number of hydrazone groups is 1. The van der Waals surface area contributed by atoms with Gasteiger partial charge >= 0.3 is 0 Å². The molecule has 122 valence electrons. The lowest BCUT2D eigenvalue weighted by Crippen LogP contribution is -2.18. The van der Waals surface area contributed by atoms with Crippen LogP contribution in [0.2, 0.25) is 0 Å². The van der Waals surface area contributed by atoms with E-state index in [4.69, 9.17) is 4.42 Å². The first-order valence-electron chi connectivity index (χ1n) is 6.97. The number of phenolic OH excluding ortho intramolecular Hbond substituents is 1. The Morgan fingerprint density at radius 1 is 1.38 bits per heavy atom. The first-order chi connectivity index (χ1) is 11.5. The molecule has 3 aromatic rings. The Morgan fingerprint density at radius 2 is 2.21 bits per heavy atom. The highest BCUT2D eigenvalue weighted by molar-refractivity contribution is 9.10. The van der Waals surface area contributed by atoms with Crippen LogP contribution >= 0.6 is 15.9 Å². The van der Waals surface area contributed by atoms with Gasteiger partial charge in [0.2, 0.25) is 0 Å². The number of halogens is 1. The molecule has 2 aromatic heterocycles. The third-order valence-electron chi connectivity index (χ3n) is 3.18. The first kappa shape index (κ1) is 16.0. The van der Waals surface area contributed by atoms with Crippen LogP contribution in [0.5, 0.6) is 5.75 Å². The molecule has 0 radical (unpaired) electrons. The van der Waals surface area contributed by atoms with Crippen LogP contribution in [0, 0.1) is 6.92 Å². The average molecular weight is 389 g/mol. The number of carbonyl (C=O) groups is 1. The number of nitrogens with zero attached hydrogens (tertiary/aromatic N) is 2. The van der Waals surface area contributed by atoms with Crippen molar-refractivity contribution in [1.29, 1.82) is 0 Å². The van der Waals surface area contributed by atoms with Crippen molar-refractivity contribution in [3.05, 3.63) is 57.9 Å². The number of aryl methyl sites for hydroxylation is 1. The number of hydrogen-bond donors (Lipinski definition) is 3. The number of aromatic amines is 1. The maximum atomic E-state index is 12.0. The van der Waals surface area contributed by atoms with E-state index in [9.17, 15) is 9.90 Å². The fourth-order valence-corrected chi connectivity index (χ4v) is 2.37. The second-order valence-electron chi connectivity index (χ2n) is 4.98. The van der Waals surface area contributed by atoms with E-state index >= 15 is 0 Å². The maximum absolute atomic E-state index is 12.0. The van der Waals surface area contributed by atoms with Crippen molar-refractivity contribution in [2.24, 2.45) is 5.10 Å². The number of carbonyl (C=O) groups excluding carboxylic acids is 1. The predicted octanol–water partition coefficient (Wildman–Crippen LogP) is 3.21. The summed E-state index contributed by atoms with van der Waals surface area (Å²) in [5.41, 5.74) is 3.60. The molecule has 3 N–H and O–H groups in total. The third-order valence-corrected chi connectivity index (χ3v) is 3.67. The van der Waals surface area contributed by atoms with Crippen LogP contribution in [0.1, 0.15) is 21.8 Å². The second-order valence-corrected chi connectivity index (χ2v) is 5.90. The Labute approximate surface area is 145 Å². The monoisotopic (exact) mass is 388 g/mol. The molecule has 0 atom stereocenters. The lowest BCUT2D eigenvalue weighted by Gasteiger charge is -1.99. The minimum atomic E-state index is -0.480. The number of benzene rings is 1. The van der Waals surface area contributed by atoms with Crippen molar-refractivity contribution in [2.75, 3.05) is 0 Å². The van der Waals surface area contributed by atoms with E-state index in [1.807, 2.05) is 13.0 Å². The SMILES string of the molecule is Cc1ccc(-c2cc(C(=O)N/N=C/c3cc(Br)ccc3O)n[nH]2)o1. The molecule has 0 fully saturated rings. The van der Waals surface area contributed by atoms with Gasteiger partial charge < -0.3 is 9.52 Å². The summed E-state index contributed by atoms with van der Waals surface area (Å²) in [5, 5.41) is 20.2. The van der Waals surface area contributed by atoms with Gasteiger partial charge in [-0.15, -0.1) is 0 Å². The molecule has 0 aliphatic carbocycles. The van der Waals surface area contributed by atoms with Gasteiger partial charge in [0.1, 0.15) is 17.2 Å². The van der Waals surface area contributed by atoms with Crippen molar-refractivity contribution in [1.82, 2.24) is 15.6 Å². The fraction of sp³-hybridized carbons (Fsp3) is 0.0625. The van der Waals surface area contributed by atoms with Crippen molar-refractivity contribution < 1.29 is 14.3 Å². The van der Waals surface area contributed by atoms with Crippen molar-refractivity contribution in [3.63, 3.8) is 0 Å². The predicted molar refractivity (Wildman–Crippen MR) is 91.9 cm³/mol. The van der Waals surface area contributed by atoms with Crippen molar-refractivity contribution in [3.8, 4) is 17.2 Å². The van der Waals surface area contributed by atoms with Crippen LogP contribution in [0.25, 0.3) is 11.5 Å². The van der Waals surface area contributed by atoms with E-state index in [0.29, 0.717) is 17.0 Å². The van der Waals surface area contributed by atoms with Crippen LogP contribution in [-0.4, -0.2) is 27.4 Å². The number of nitrogens with one attached hydrogen (secondary N) is 2. The highest BCUT2D eigenvalue weighted by Gasteiger charge is 2.12. The lowest BCUT2D eigenvalue weighted by atomic mass is 10.2. The van der Waals surface area contributed by atoms with E-state index in [0.717, 1.165) is 10.2 Å². The van der Waals surface area contributed by atoms with E-state index in [-0.39, 0.29) is 11.4 Å². The summed E-state index contributed by atoms with van der Waals surface area (Å²) in [6, 6.07) is 10.1. The first-order valence-corrected chi connectivity index (χ1v) is 7.76. The standard InChI is InChI=1S/C16H13BrN4O3/c1-9-2-5-15(24-9)12-7-13(20-19-12)16(23)21-18-8-10-6-11(17)3-4-14(10)22/h2-8,22H,1H3,(H,19,20)(H,21,23)/b18-8+. The van der Waals surface area contributed by atoms with Gasteiger partial charge in [0.05, 0.1) is 6.21 Å². The van der Waals surface area contributed by atoms with Gasteiger partial charge in [-0.05, 0) is 37.3 Å². The number of H-pyrrole nitrogens is 1. The highest BCUT2D eigenvalue weighted by Crippen LogP contribution is 2.21. The molecule has 0 aliphatic rings. The van der Waals surface area contributed by atoms with Crippen molar-refractivity contribution in [2.45, 2.75) is 6.92 Å². The largest absolute Gasteiger partial charge is 0.507 e. The van der Waals surface area contributed by atoms with Crippen LogP contribution in [0.3, 0.4) is 0 Å². The molecule has 0 bridgehead atoms. The fourth-order valence-electron chi connectivity index (χ4n) is 1.99. The third kappa shape index (κ3) is 3.54. The molecular formula is C16H13BrN4O3. The van der Waals surface area contributed by atoms with E-state index in [1.54, 1.807) is 24.3 Å². The van der Waals surface area contributed by atoms with Crippen LogP contribution in [0.4, 0.5) is 0 Å². The summed E-state index contributed by atoms with van der Waals surface area (Å²) in [5.74, 6) is 0.948. The Bertz CT molecular complexity index is 914. The van der Waals surface area contributed by atoms with E-state index in [1.165, 1.54) is 12.3 Å². The molecule has 24 heavy (non-hydrogen) atoms. The molecule has 0 aliphatic heterocycles. The van der Waals surface area contributed by atoms with Crippen LogP contribution < -0.4 is 5.43 Å². The Morgan fingerprint density at radius 3 is 2.96 bits per heavy atom. The zero-order valence-corrected chi connectivity index (χ0v) is 14.2. The molecule has 1 aromatic carbocycles. The summed E-state index contributed by atoms with van der Waals surface area (Å²) in [4.78, 5) is 12.0. The molecule has 7 nitrogen and oxygen atoms in total. The van der Waals surface area contributed by atoms with Gasteiger partial charge in [-0.3, -0.25) is 9.89 Å². The van der Waals surface area contributed by atoms with Gasteiger partial charge in [0, 0.05) is 16.1 Å². The minimum absolute atomic E-state index is 0.0615. The highest BCUT2D eigenvalue weighted by atomic mass is 79.9. The minimum Gasteiger partial charge on any atom is -0.507 e. The molecule has 1 amide bonds. The maximum Gasteiger partial charge on any atom is 0.291 e. The lowest BCUT2D eigenvalue weighted by molar-refractivity contribution is 0.0950. The molecule has 8 heteroatoms. The molecule has 3 rings (SSSR count).